The Bertz CT molecular complexity index is 755. The van der Waals surface area contributed by atoms with Gasteiger partial charge in [0, 0.05) is 6.42 Å². The van der Waals surface area contributed by atoms with E-state index < -0.39 is 5.41 Å². The van der Waals surface area contributed by atoms with Crippen molar-refractivity contribution in [3.05, 3.63) is 66.0 Å². The van der Waals surface area contributed by atoms with Crippen LogP contribution in [0.15, 0.2) is 54.6 Å². The summed E-state index contributed by atoms with van der Waals surface area (Å²) in [5, 5.41) is 19.5. The zero-order valence-electron chi connectivity index (χ0n) is 11.5. The molecule has 1 heterocycles. The number of imidazole rings is 1. The van der Waals surface area contributed by atoms with Crippen LogP contribution in [0.5, 0.6) is 0 Å². The van der Waals surface area contributed by atoms with E-state index in [0.717, 1.165) is 16.6 Å². The van der Waals surface area contributed by atoms with Gasteiger partial charge in [-0.15, -0.1) is 0 Å². The lowest BCUT2D eigenvalue weighted by atomic mass is 9.83. The molecule has 4 nitrogen and oxygen atoms in total. The summed E-state index contributed by atoms with van der Waals surface area (Å²) in [6.07, 6.45) is 0.417. The number of nitrogens with zero attached hydrogens (tertiary/aromatic N) is 2. The Morgan fingerprint density at radius 2 is 1.81 bits per heavy atom. The van der Waals surface area contributed by atoms with Gasteiger partial charge in [-0.3, -0.25) is 0 Å². The van der Waals surface area contributed by atoms with Gasteiger partial charge in [0.05, 0.1) is 23.7 Å². The summed E-state index contributed by atoms with van der Waals surface area (Å²) in [6.45, 7) is -0.280. The number of rotatable bonds is 4. The van der Waals surface area contributed by atoms with Crippen molar-refractivity contribution in [3.63, 3.8) is 0 Å². The van der Waals surface area contributed by atoms with Crippen molar-refractivity contribution in [3.8, 4) is 6.07 Å². The molecule has 3 rings (SSSR count). The zero-order chi connectivity index (χ0) is 14.7. The third kappa shape index (κ3) is 2.39. The highest BCUT2D eigenvalue weighted by atomic mass is 16.3. The van der Waals surface area contributed by atoms with Crippen LogP contribution in [0.4, 0.5) is 0 Å². The van der Waals surface area contributed by atoms with Crippen LogP contribution < -0.4 is 0 Å². The molecular weight excluding hydrogens is 262 g/mol. The number of aromatic amines is 1. The Morgan fingerprint density at radius 1 is 1.10 bits per heavy atom. The standard InChI is InChI=1S/C17H15N3O/c18-11-17(12-21,10-13-6-2-1-3-7-13)16-19-14-8-4-5-9-15(14)20-16/h1-9,21H,10,12H2,(H,19,20)/t17-/m0/s1. The fourth-order valence-electron chi connectivity index (χ4n) is 2.47. The average molecular weight is 277 g/mol. The minimum absolute atomic E-state index is 0.280. The molecule has 0 bridgehead atoms. The second-order valence-electron chi connectivity index (χ2n) is 5.12. The highest BCUT2D eigenvalue weighted by molar-refractivity contribution is 5.75. The van der Waals surface area contributed by atoms with Gasteiger partial charge in [-0.05, 0) is 17.7 Å². The fraction of sp³-hybridized carbons (Fsp3) is 0.176. The first-order valence-corrected chi connectivity index (χ1v) is 6.79. The molecule has 1 atom stereocenters. The SMILES string of the molecule is N#C[C@](CO)(Cc1ccccc1)c1nc2ccccc2[nH]1. The summed E-state index contributed by atoms with van der Waals surface area (Å²) in [5.74, 6) is 0.512. The topological polar surface area (TPSA) is 72.7 Å². The first-order valence-electron chi connectivity index (χ1n) is 6.79. The number of benzene rings is 2. The lowest BCUT2D eigenvalue weighted by Gasteiger charge is -2.21. The molecule has 4 heteroatoms. The van der Waals surface area contributed by atoms with Crippen LogP contribution in [0.1, 0.15) is 11.4 Å². The second kappa shape index (κ2) is 5.39. The normalized spacial score (nSPS) is 13.7. The van der Waals surface area contributed by atoms with E-state index in [2.05, 4.69) is 16.0 Å². The molecular formula is C17H15N3O. The quantitative estimate of drug-likeness (QED) is 0.769. The number of aliphatic hydroxyl groups excluding tert-OH is 1. The van der Waals surface area contributed by atoms with Gasteiger partial charge in [0.25, 0.3) is 0 Å². The van der Waals surface area contributed by atoms with E-state index in [4.69, 9.17) is 0 Å². The van der Waals surface area contributed by atoms with E-state index >= 15 is 0 Å². The third-order valence-corrected chi connectivity index (χ3v) is 3.68. The number of nitriles is 1. The summed E-state index contributed by atoms with van der Waals surface area (Å²) >= 11 is 0. The minimum atomic E-state index is -1.06. The van der Waals surface area contributed by atoms with Gasteiger partial charge in [-0.25, -0.2) is 4.98 Å². The van der Waals surface area contributed by atoms with Crippen LogP contribution in [-0.4, -0.2) is 21.7 Å². The van der Waals surface area contributed by atoms with Crippen LogP contribution in [0.2, 0.25) is 0 Å². The third-order valence-electron chi connectivity index (χ3n) is 3.68. The van der Waals surface area contributed by atoms with Crippen molar-refractivity contribution in [1.29, 1.82) is 5.26 Å². The molecule has 0 spiro atoms. The number of aromatic nitrogens is 2. The monoisotopic (exact) mass is 277 g/mol. The van der Waals surface area contributed by atoms with Crippen molar-refractivity contribution >= 4 is 11.0 Å². The van der Waals surface area contributed by atoms with Crippen LogP contribution in [0, 0.1) is 11.3 Å². The van der Waals surface area contributed by atoms with Crippen LogP contribution in [0.3, 0.4) is 0 Å². The van der Waals surface area contributed by atoms with Gasteiger partial charge >= 0.3 is 0 Å². The first kappa shape index (κ1) is 13.3. The summed E-state index contributed by atoms with van der Waals surface area (Å²) in [6, 6.07) is 19.5. The fourth-order valence-corrected chi connectivity index (χ4v) is 2.47. The molecule has 21 heavy (non-hydrogen) atoms. The van der Waals surface area contributed by atoms with E-state index in [1.54, 1.807) is 0 Å². The first-order chi connectivity index (χ1) is 10.3. The molecule has 2 N–H and O–H groups in total. The maximum absolute atomic E-state index is 9.83. The Morgan fingerprint density at radius 3 is 2.48 bits per heavy atom. The summed E-state index contributed by atoms with van der Waals surface area (Å²) in [5.41, 5.74) is 1.61. The molecule has 3 aromatic rings. The zero-order valence-corrected chi connectivity index (χ0v) is 11.5. The number of H-pyrrole nitrogens is 1. The molecule has 0 aliphatic rings. The van der Waals surface area contributed by atoms with E-state index in [-0.39, 0.29) is 6.61 Å². The molecule has 0 saturated carbocycles. The maximum atomic E-state index is 9.83. The second-order valence-corrected chi connectivity index (χ2v) is 5.12. The van der Waals surface area contributed by atoms with Crippen molar-refractivity contribution in [2.24, 2.45) is 0 Å². The molecule has 0 radical (unpaired) electrons. The Hall–Kier alpha value is -2.64. The van der Waals surface area contributed by atoms with Crippen molar-refractivity contribution in [2.75, 3.05) is 6.61 Å². The predicted molar refractivity (Wildman–Crippen MR) is 80.6 cm³/mol. The molecule has 0 amide bonds. The summed E-state index contributed by atoms with van der Waals surface area (Å²) in [4.78, 5) is 7.65. The van der Waals surface area contributed by atoms with Crippen molar-refractivity contribution in [2.45, 2.75) is 11.8 Å². The van der Waals surface area contributed by atoms with Gasteiger partial charge in [-0.1, -0.05) is 42.5 Å². The molecule has 0 aliphatic heterocycles. The number of hydrogen-bond acceptors (Lipinski definition) is 3. The molecule has 0 fully saturated rings. The lowest BCUT2D eigenvalue weighted by molar-refractivity contribution is 0.223. The highest BCUT2D eigenvalue weighted by Crippen LogP contribution is 2.27. The summed E-state index contributed by atoms with van der Waals surface area (Å²) < 4.78 is 0. The molecule has 2 aromatic carbocycles. The number of para-hydroxylation sites is 2. The van der Waals surface area contributed by atoms with Gasteiger partial charge < -0.3 is 10.1 Å². The summed E-state index contributed by atoms with van der Waals surface area (Å²) in [7, 11) is 0. The largest absolute Gasteiger partial charge is 0.394 e. The van der Waals surface area contributed by atoms with E-state index in [1.807, 2.05) is 54.6 Å². The lowest BCUT2D eigenvalue weighted by Crippen LogP contribution is -2.33. The van der Waals surface area contributed by atoms with E-state index in [0.29, 0.717) is 12.2 Å². The molecule has 0 aliphatic carbocycles. The van der Waals surface area contributed by atoms with Crippen LogP contribution in [-0.2, 0) is 11.8 Å². The maximum Gasteiger partial charge on any atom is 0.142 e. The van der Waals surface area contributed by atoms with Crippen LogP contribution >= 0.6 is 0 Å². The minimum Gasteiger partial charge on any atom is -0.394 e. The predicted octanol–water partition coefficient (Wildman–Crippen LogP) is 2.56. The van der Waals surface area contributed by atoms with Gasteiger partial charge in [0.2, 0.25) is 0 Å². The number of fused-ring (bicyclic) bond motifs is 1. The Balaban J connectivity index is 2.06. The molecule has 0 unspecified atom stereocenters. The molecule has 104 valence electrons. The Kier molecular flexibility index (Phi) is 3.43. The van der Waals surface area contributed by atoms with Gasteiger partial charge in [0.15, 0.2) is 0 Å². The number of aliphatic hydroxyl groups is 1. The van der Waals surface area contributed by atoms with E-state index in [9.17, 15) is 10.4 Å². The average Bonchev–Trinajstić information content (AvgIpc) is 2.98. The Labute approximate surface area is 122 Å². The van der Waals surface area contributed by atoms with Crippen LogP contribution in [0.25, 0.3) is 11.0 Å². The number of nitrogens with one attached hydrogen (secondary N) is 1. The van der Waals surface area contributed by atoms with Crippen molar-refractivity contribution < 1.29 is 5.11 Å². The molecule has 1 aromatic heterocycles. The van der Waals surface area contributed by atoms with E-state index in [1.165, 1.54) is 0 Å². The smallest absolute Gasteiger partial charge is 0.142 e. The highest BCUT2D eigenvalue weighted by Gasteiger charge is 2.35. The van der Waals surface area contributed by atoms with Gasteiger partial charge in [0.1, 0.15) is 11.2 Å². The van der Waals surface area contributed by atoms with Gasteiger partial charge in [-0.2, -0.15) is 5.26 Å². The van der Waals surface area contributed by atoms with Crippen molar-refractivity contribution in [1.82, 2.24) is 9.97 Å². The molecule has 0 saturated heterocycles. The number of hydrogen-bond donors (Lipinski definition) is 2.